The van der Waals surface area contributed by atoms with E-state index in [1.807, 2.05) is 4.90 Å². The molecule has 1 unspecified atom stereocenters. The van der Waals surface area contributed by atoms with E-state index in [2.05, 4.69) is 20.3 Å². The first-order valence-electron chi connectivity index (χ1n) is 8.40. The second-order valence-electron chi connectivity index (χ2n) is 6.41. The van der Waals surface area contributed by atoms with Crippen molar-refractivity contribution in [1.82, 2.24) is 25.2 Å². The molecule has 1 amide bonds. The molecule has 0 bridgehead atoms. The number of pyridine rings is 1. The van der Waals surface area contributed by atoms with Crippen LogP contribution in [0.4, 0.5) is 4.39 Å². The molecule has 134 valence electrons. The number of rotatable bonds is 4. The SMILES string of the molecule is O=C1NCCN(Cc2cc(=O)c3cc(F)ccc3[nH]2)C1Cc1cnc[nH]1. The van der Waals surface area contributed by atoms with E-state index in [1.165, 1.54) is 18.2 Å². The largest absolute Gasteiger partial charge is 0.357 e. The topological polar surface area (TPSA) is 93.9 Å². The molecule has 7 nitrogen and oxygen atoms in total. The number of benzene rings is 1. The standard InChI is InChI=1S/C18H18FN5O2/c19-11-1-2-15-14(5-11)17(25)7-13(23-15)9-24-4-3-21-18(26)16(24)6-12-8-20-10-22-12/h1-2,5,7-8,10,16H,3-4,6,9H2,(H,20,22)(H,21,26)(H,23,25). The van der Waals surface area contributed by atoms with E-state index in [4.69, 9.17) is 0 Å². The highest BCUT2D eigenvalue weighted by atomic mass is 19.1. The molecular formula is C18H18FN5O2. The van der Waals surface area contributed by atoms with Crippen LogP contribution in [0, 0.1) is 5.82 Å². The Labute approximate surface area is 148 Å². The van der Waals surface area contributed by atoms with Crippen LogP contribution in [0.2, 0.25) is 0 Å². The molecule has 1 fully saturated rings. The van der Waals surface area contributed by atoms with Crippen LogP contribution in [0.1, 0.15) is 11.4 Å². The number of carbonyl (C=O) groups is 1. The van der Waals surface area contributed by atoms with Gasteiger partial charge in [-0.1, -0.05) is 0 Å². The van der Waals surface area contributed by atoms with Crippen molar-refractivity contribution in [2.45, 2.75) is 19.0 Å². The van der Waals surface area contributed by atoms with Gasteiger partial charge in [0.15, 0.2) is 5.43 Å². The van der Waals surface area contributed by atoms with Gasteiger partial charge in [0.1, 0.15) is 5.82 Å². The lowest BCUT2D eigenvalue weighted by Crippen LogP contribution is -2.55. The predicted molar refractivity (Wildman–Crippen MR) is 94.0 cm³/mol. The van der Waals surface area contributed by atoms with Crippen molar-refractivity contribution in [2.24, 2.45) is 0 Å². The minimum Gasteiger partial charge on any atom is -0.357 e. The molecule has 1 saturated heterocycles. The molecule has 3 heterocycles. The number of piperazine rings is 1. The lowest BCUT2D eigenvalue weighted by atomic mass is 10.1. The van der Waals surface area contributed by atoms with Gasteiger partial charge < -0.3 is 15.3 Å². The first kappa shape index (κ1) is 16.5. The number of nitrogens with zero attached hydrogens (tertiary/aromatic N) is 2. The highest BCUT2D eigenvalue weighted by Crippen LogP contribution is 2.15. The van der Waals surface area contributed by atoms with Gasteiger partial charge in [-0.05, 0) is 18.2 Å². The summed E-state index contributed by atoms with van der Waals surface area (Å²) >= 11 is 0. The third-order valence-corrected chi connectivity index (χ3v) is 4.63. The highest BCUT2D eigenvalue weighted by molar-refractivity contribution is 5.82. The second kappa shape index (κ2) is 6.72. The molecule has 0 spiro atoms. The fourth-order valence-corrected chi connectivity index (χ4v) is 3.36. The average Bonchev–Trinajstić information content (AvgIpc) is 3.12. The number of aromatic nitrogens is 3. The van der Waals surface area contributed by atoms with Gasteiger partial charge in [0, 0.05) is 60.6 Å². The van der Waals surface area contributed by atoms with E-state index in [1.54, 1.807) is 18.6 Å². The van der Waals surface area contributed by atoms with Gasteiger partial charge in [-0.25, -0.2) is 9.37 Å². The minimum absolute atomic E-state index is 0.0453. The molecule has 1 aliphatic rings. The van der Waals surface area contributed by atoms with Gasteiger partial charge >= 0.3 is 0 Å². The monoisotopic (exact) mass is 355 g/mol. The fourth-order valence-electron chi connectivity index (χ4n) is 3.36. The van der Waals surface area contributed by atoms with Gasteiger partial charge in [0.25, 0.3) is 0 Å². The number of carbonyl (C=O) groups excluding carboxylic acids is 1. The summed E-state index contributed by atoms with van der Waals surface area (Å²) in [6.45, 7) is 1.66. The molecule has 1 aromatic carbocycles. The van der Waals surface area contributed by atoms with Crippen LogP contribution >= 0.6 is 0 Å². The van der Waals surface area contributed by atoms with Crippen molar-refractivity contribution in [2.75, 3.05) is 13.1 Å². The summed E-state index contributed by atoms with van der Waals surface area (Å²) in [7, 11) is 0. The molecule has 1 atom stereocenters. The molecule has 26 heavy (non-hydrogen) atoms. The second-order valence-corrected chi connectivity index (χ2v) is 6.41. The number of hydrogen-bond acceptors (Lipinski definition) is 4. The Kier molecular flexibility index (Phi) is 4.26. The molecule has 4 rings (SSSR count). The number of hydrogen-bond donors (Lipinski definition) is 3. The Bertz CT molecular complexity index is 998. The fraction of sp³-hybridized carbons (Fsp3) is 0.278. The number of amides is 1. The molecule has 1 aliphatic heterocycles. The van der Waals surface area contributed by atoms with Gasteiger partial charge in [-0.3, -0.25) is 14.5 Å². The van der Waals surface area contributed by atoms with E-state index in [0.717, 1.165) is 5.69 Å². The molecule has 0 radical (unpaired) electrons. The molecule has 2 aromatic heterocycles. The van der Waals surface area contributed by atoms with E-state index < -0.39 is 5.82 Å². The van der Waals surface area contributed by atoms with Crippen LogP contribution in [0.3, 0.4) is 0 Å². The third-order valence-electron chi connectivity index (χ3n) is 4.63. The number of imidazole rings is 1. The number of fused-ring (bicyclic) bond motifs is 1. The molecule has 0 aliphatic carbocycles. The van der Waals surface area contributed by atoms with E-state index >= 15 is 0 Å². The summed E-state index contributed by atoms with van der Waals surface area (Å²) in [5, 5.41) is 3.20. The maximum atomic E-state index is 13.4. The molecular weight excluding hydrogens is 337 g/mol. The normalized spacial score (nSPS) is 18.2. The van der Waals surface area contributed by atoms with Gasteiger partial charge in [0.05, 0.1) is 12.4 Å². The zero-order chi connectivity index (χ0) is 18.1. The molecule has 0 saturated carbocycles. The number of aromatic amines is 2. The lowest BCUT2D eigenvalue weighted by Gasteiger charge is -2.34. The Hall–Kier alpha value is -3.00. The quantitative estimate of drug-likeness (QED) is 0.649. The number of nitrogens with one attached hydrogen (secondary N) is 3. The maximum Gasteiger partial charge on any atom is 0.237 e. The Morgan fingerprint density at radius 3 is 2.92 bits per heavy atom. The van der Waals surface area contributed by atoms with Crippen LogP contribution in [-0.2, 0) is 17.8 Å². The van der Waals surface area contributed by atoms with Crippen molar-refractivity contribution >= 4 is 16.8 Å². The summed E-state index contributed by atoms with van der Waals surface area (Å²) in [5.41, 5.74) is 1.92. The zero-order valence-electron chi connectivity index (χ0n) is 14.0. The van der Waals surface area contributed by atoms with Crippen LogP contribution in [-0.4, -0.2) is 44.9 Å². The zero-order valence-corrected chi connectivity index (χ0v) is 14.0. The smallest absolute Gasteiger partial charge is 0.237 e. The Morgan fingerprint density at radius 2 is 2.12 bits per heavy atom. The van der Waals surface area contributed by atoms with E-state index in [9.17, 15) is 14.0 Å². The summed E-state index contributed by atoms with van der Waals surface area (Å²) in [4.78, 5) is 36.8. The van der Waals surface area contributed by atoms with Crippen LogP contribution in [0.25, 0.3) is 10.9 Å². The lowest BCUT2D eigenvalue weighted by molar-refractivity contribution is -0.129. The Morgan fingerprint density at radius 1 is 1.23 bits per heavy atom. The Balaban J connectivity index is 1.61. The van der Waals surface area contributed by atoms with E-state index in [0.29, 0.717) is 42.7 Å². The van der Waals surface area contributed by atoms with Gasteiger partial charge in [-0.15, -0.1) is 0 Å². The maximum absolute atomic E-state index is 13.4. The summed E-state index contributed by atoms with van der Waals surface area (Å²) < 4.78 is 13.4. The molecule has 3 aromatic rings. The van der Waals surface area contributed by atoms with Crippen molar-refractivity contribution in [1.29, 1.82) is 0 Å². The van der Waals surface area contributed by atoms with Crippen molar-refractivity contribution in [3.05, 3.63) is 64.2 Å². The van der Waals surface area contributed by atoms with Gasteiger partial charge in [-0.2, -0.15) is 0 Å². The summed E-state index contributed by atoms with van der Waals surface area (Å²) in [6.07, 6.45) is 3.79. The van der Waals surface area contributed by atoms with Crippen LogP contribution in [0.5, 0.6) is 0 Å². The predicted octanol–water partition coefficient (Wildman–Crippen LogP) is 0.933. The van der Waals surface area contributed by atoms with Crippen molar-refractivity contribution in [3.8, 4) is 0 Å². The van der Waals surface area contributed by atoms with Crippen LogP contribution in [0.15, 0.2) is 41.6 Å². The first-order chi connectivity index (χ1) is 12.6. The van der Waals surface area contributed by atoms with Crippen molar-refractivity contribution < 1.29 is 9.18 Å². The minimum atomic E-state index is -0.442. The molecule has 3 N–H and O–H groups in total. The van der Waals surface area contributed by atoms with Gasteiger partial charge in [0.2, 0.25) is 5.91 Å². The number of H-pyrrole nitrogens is 2. The van der Waals surface area contributed by atoms with Crippen molar-refractivity contribution in [3.63, 3.8) is 0 Å². The average molecular weight is 355 g/mol. The molecule has 8 heteroatoms. The summed E-state index contributed by atoms with van der Waals surface area (Å²) in [6, 6.07) is 5.23. The van der Waals surface area contributed by atoms with E-state index in [-0.39, 0.29) is 17.4 Å². The third kappa shape index (κ3) is 3.23. The van der Waals surface area contributed by atoms with Crippen LogP contribution < -0.4 is 10.7 Å². The highest BCUT2D eigenvalue weighted by Gasteiger charge is 2.30. The number of halogens is 1. The summed E-state index contributed by atoms with van der Waals surface area (Å²) in [5.74, 6) is -0.487. The first-order valence-corrected chi connectivity index (χ1v) is 8.40.